The topological polar surface area (TPSA) is 62.3 Å². The minimum Gasteiger partial charge on any atom is -0.269 e. The SMILES string of the molecule is CCCCN(C)S(=O)(=O)Nc1cnc(Cl)c(C)c1. The fourth-order valence-corrected chi connectivity index (χ4v) is 2.38. The number of nitrogens with zero attached hydrogens (tertiary/aromatic N) is 2. The van der Waals surface area contributed by atoms with Gasteiger partial charge in [-0.1, -0.05) is 24.9 Å². The first-order valence-electron chi connectivity index (χ1n) is 5.73. The molecule has 7 heteroatoms. The van der Waals surface area contributed by atoms with Gasteiger partial charge in [0.1, 0.15) is 5.15 Å². The molecule has 0 radical (unpaired) electrons. The van der Waals surface area contributed by atoms with Crippen molar-refractivity contribution in [2.45, 2.75) is 26.7 Å². The van der Waals surface area contributed by atoms with Gasteiger partial charge in [0.25, 0.3) is 0 Å². The molecule has 0 amide bonds. The quantitative estimate of drug-likeness (QED) is 0.819. The van der Waals surface area contributed by atoms with Crippen molar-refractivity contribution in [1.29, 1.82) is 0 Å². The second-order valence-corrected chi connectivity index (χ2v) is 6.25. The van der Waals surface area contributed by atoms with Crippen molar-refractivity contribution in [3.05, 3.63) is 23.0 Å². The van der Waals surface area contributed by atoms with Crippen LogP contribution in [0.25, 0.3) is 0 Å². The Hall–Kier alpha value is -0.850. The molecule has 1 aromatic rings. The van der Waals surface area contributed by atoms with E-state index in [1.54, 1.807) is 20.0 Å². The van der Waals surface area contributed by atoms with Crippen LogP contribution in [0.2, 0.25) is 5.15 Å². The molecule has 1 heterocycles. The van der Waals surface area contributed by atoms with Gasteiger partial charge in [-0.3, -0.25) is 4.72 Å². The summed E-state index contributed by atoms with van der Waals surface area (Å²) >= 11 is 5.78. The summed E-state index contributed by atoms with van der Waals surface area (Å²) in [6.07, 6.45) is 3.18. The van der Waals surface area contributed by atoms with Crippen LogP contribution in [0.15, 0.2) is 12.3 Å². The highest BCUT2D eigenvalue weighted by molar-refractivity contribution is 7.90. The molecule has 0 atom stereocenters. The molecule has 0 unspecified atom stereocenters. The normalized spacial score (nSPS) is 11.8. The van der Waals surface area contributed by atoms with E-state index in [2.05, 4.69) is 9.71 Å². The van der Waals surface area contributed by atoms with Crippen LogP contribution < -0.4 is 4.72 Å². The van der Waals surface area contributed by atoms with Crippen LogP contribution in [0, 0.1) is 6.92 Å². The summed E-state index contributed by atoms with van der Waals surface area (Å²) in [5, 5.41) is 0.372. The van der Waals surface area contributed by atoms with Gasteiger partial charge in [-0.05, 0) is 25.0 Å². The first kappa shape index (κ1) is 15.2. The Morgan fingerprint density at radius 3 is 2.72 bits per heavy atom. The van der Waals surface area contributed by atoms with Gasteiger partial charge in [0.2, 0.25) is 0 Å². The number of aryl methyl sites for hydroxylation is 1. The highest BCUT2D eigenvalue weighted by atomic mass is 35.5. The number of halogens is 1. The molecule has 1 aromatic heterocycles. The Balaban J connectivity index is 2.78. The molecule has 0 saturated carbocycles. The Morgan fingerprint density at radius 2 is 2.17 bits per heavy atom. The van der Waals surface area contributed by atoms with Gasteiger partial charge in [-0.2, -0.15) is 12.7 Å². The number of anilines is 1. The van der Waals surface area contributed by atoms with E-state index in [-0.39, 0.29) is 0 Å². The Labute approximate surface area is 113 Å². The molecule has 0 fully saturated rings. The van der Waals surface area contributed by atoms with Crippen molar-refractivity contribution >= 4 is 27.5 Å². The van der Waals surface area contributed by atoms with Crippen molar-refractivity contribution in [1.82, 2.24) is 9.29 Å². The smallest absolute Gasteiger partial charge is 0.269 e. The number of hydrogen-bond acceptors (Lipinski definition) is 3. The lowest BCUT2D eigenvalue weighted by atomic mass is 10.3. The van der Waals surface area contributed by atoms with E-state index >= 15 is 0 Å². The lowest BCUT2D eigenvalue weighted by molar-refractivity contribution is 0.463. The number of nitrogens with one attached hydrogen (secondary N) is 1. The molecule has 0 aliphatic carbocycles. The predicted octanol–water partition coefficient (Wildman–Crippen LogP) is 2.43. The molecular formula is C11H18ClN3O2S. The maximum absolute atomic E-state index is 12.0. The van der Waals surface area contributed by atoms with Gasteiger partial charge in [-0.15, -0.1) is 0 Å². The summed E-state index contributed by atoms with van der Waals surface area (Å²) < 4.78 is 27.7. The van der Waals surface area contributed by atoms with Gasteiger partial charge >= 0.3 is 10.2 Å². The van der Waals surface area contributed by atoms with Crippen molar-refractivity contribution in [2.75, 3.05) is 18.3 Å². The highest BCUT2D eigenvalue weighted by Crippen LogP contribution is 2.17. The first-order valence-corrected chi connectivity index (χ1v) is 7.55. The molecule has 1 N–H and O–H groups in total. The minimum absolute atomic E-state index is 0.372. The number of pyridine rings is 1. The average molecular weight is 292 g/mol. The minimum atomic E-state index is -3.51. The van der Waals surface area contributed by atoms with Crippen LogP contribution in [0.1, 0.15) is 25.3 Å². The highest BCUT2D eigenvalue weighted by Gasteiger charge is 2.17. The van der Waals surface area contributed by atoms with Crippen LogP contribution in [-0.4, -0.2) is 31.3 Å². The van der Waals surface area contributed by atoms with E-state index in [1.165, 1.54) is 10.5 Å². The van der Waals surface area contributed by atoms with Gasteiger partial charge in [0, 0.05) is 13.6 Å². The molecule has 1 rings (SSSR count). The third-order valence-corrected chi connectivity index (χ3v) is 4.39. The van der Waals surface area contributed by atoms with Crippen LogP contribution in [0.5, 0.6) is 0 Å². The molecule has 102 valence electrons. The van der Waals surface area contributed by atoms with Crippen LogP contribution in [-0.2, 0) is 10.2 Å². The summed E-state index contributed by atoms with van der Waals surface area (Å²) in [5.41, 5.74) is 1.15. The van der Waals surface area contributed by atoms with E-state index in [4.69, 9.17) is 11.6 Å². The molecule has 0 aromatic carbocycles. The van der Waals surface area contributed by atoms with Crippen molar-refractivity contribution in [2.24, 2.45) is 0 Å². The summed E-state index contributed by atoms with van der Waals surface area (Å²) in [6, 6.07) is 1.65. The third kappa shape index (κ3) is 4.12. The van der Waals surface area contributed by atoms with E-state index in [0.29, 0.717) is 17.4 Å². The molecule has 0 spiro atoms. The molecule has 0 bridgehead atoms. The number of hydrogen-bond donors (Lipinski definition) is 1. The molecule has 0 saturated heterocycles. The summed E-state index contributed by atoms with van der Waals surface area (Å²) in [6.45, 7) is 4.28. The number of unbranched alkanes of at least 4 members (excludes halogenated alkanes) is 1. The Bertz CT molecular complexity index is 505. The maximum Gasteiger partial charge on any atom is 0.301 e. The zero-order valence-electron chi connectivity index (χ0n) is 10.8. The Morgan fingerprint density at radius 1 is 1.50 bits per heavy atom. The van der Waals surface area contributed by atoms with E-state index in [0.717, 1.165) is 18.4 Å². The maximum atomic E-state index is 12.0. The lowest BCUT2D eigenvalue weighted by Crippen LogP contribution is -2.33. The monoisotopic (exact) mass is 291 g/mol. The van der Waals surface area contributed by atoms with Crippen molar-refractivity contribution < 1.29 is 8.42 Å². The zero-order chi connectivity index (χ0) is 13.8. The van der Waals surface area contributed by atoms with Gasteiger partial charge in [-0.25, -0.2) is 4.98 Å². The van der Waals surface area contributed by atoms with Gasteiger partial charge in [0.15, 0.2) is 0 Å². The summed E-state index contributed by atoms with van der Waals surface area (Å²) in [4.78, 5) is 3.90. The molecule has 5 nitrogen and oxygen atoms in total. The predicted molar refractivity (Wildman–Crippen MR) is 74.1 cm³/mol. The zero-order valence-corrected chi connectivity index (χ0v) is 12.3. The fourth-order valence-electron chi connectivity index (χ4n) is 1.34. The number of rotatable bonds is 6. The van der Waals surface area contributed by atoms with Crippen molar-refractivity contribution in [3.8, 4) is 0 Å². The second kappa shape index (κ2) is 6.36. The second-order valence-electron chi connectivity index (χ2n) is 4.11. The average Bonchev–Trinajstić information content (AvgIpc) is 2.30. The molecule has 0 aliphatic rings. The molecular weight excluding hydrogens is 274 g/mol. The summed E-state index contributed by atoms with van der Waals surface area (Å²) in [5.74, 6) is 0. The standard InChI is InChI=1S/C11H18ClN3O2S/c1-4-5-6-15(3)18(16,17)14-10-7-9(2)11(12)13-8-10/h7-8,14H,4-6H2,1-3H3. The van der Waals surface area contributed by atoms with Gasteiger partial charge < -0.3 is 0 Å². The van der Waals surface area contributed by atoms with Gasteiger partial charge in [0.05, 0.1) is 11.9 Å². The van der Waals surface area contributed by atoms with E-state index in [9.17, 15) is 8.42 Å². The lowest BCUT2D eigenvalue weighted by Gasteiger charge is -2.18. The third-order valence-electron chi connectivity index (χ3n) is 2.50. The van der Waals surface area contributed by atoms with E-state index in [1.807, 2.05) is 6.92 Å². The number of aromatic nitrogens is 1. The molecule has 0 aliphatic heterocycles. The summed E-state index contributed by atoms with van der Waals surface area (Å²) in [7, 11) is -1.97. The van der Waals surface area contributed by atoms with Crippen LogP contribution in [0.4, 0.5) is 5.69 Å². The van der Waals surface area contributed by atoms with E-state index < -0.39 is 10.2 Å². The first-order chi connectivity index (χ1) is 8.36. The van der Waals surface area contributed by atoms with Crippen molar-refractivity contribution in [3.63, 3.8) is 0 Å². The van der Waals surface area contributed by atoms with Crippen LogP contribution >= 0.6 is 11.6 Å². The van der Waals surface area contributed by atoms with Crippen LogP contribution in [0.3, 0.4) is 0 Å². The molecule has 18 heavy (non-hydrogen) atoms. The fraction of sp³-hybridized carbons (Fsp3) is 0.545. The Kier molecular flexibility index (Phi) is 5.37. The largest absolute Gasteiger partial charge is 0.301 e.